The van der Waals surface area contributed by atoms with Gasteiger partial charge in [0.2, 0.25) is 0 Å². The van der Waals surface area contributed by atoms with Crippen LogP contribution in [-0.4, -0.2) is 33.8 Å². The van der Waals surface area contributed by atoms with Crippen LogP contribution in [0.1, 0.15) is 30.9 Å². The lowest BCUT2D eigenvalue weighted by Gasteiger charge is -2.30. The molecule has 0 spiro atoms. The number of amides is 2. The van der Waals surface area contributed by atoms with Gasteiger partial charge in [-0.1, -0.05) is 48.0 Å². The van der Waals surface area contributed by atoms with Crippen LogP contribution >= 0.6 is 11.6 Å². The second-order valence-corrected chi connectivity index (χ2v) is 7.97. The van der Waals surface area contributed by atoms with Gasteiger partial charge in [0.1, 0.15) is 11.8 Å². The van der Waals surface area contributed by atoms with Gasteiger partial charge in [0.15, 0.2) is 0 Å². The van der Waals surface area contributed by atoms with Crippen molar-refractivity contribution in [3.05, 3.63) is 65.2 Å². The van der Waals surface area contributed by atoms with Gasteiger partial charge in [0.05, 0.1) is 6.04 Å². The van der Waals surface area contributed by atoms with Gasteiger partial charge in [-0.3, -0.25) is 4.79 Å². The summed E-state index contributed by atoms with van der Waals surface area (Å²) in [6.07, 6.45) is 1.67. The molecule has 1 saturated carbocycles. The van der Waals surface area contributed by atoms with E-state index in [1.165, 1.54) is 4.90 Å². The lowest BCUT2D eigenvalue weighted by molar-refractivity contribution is -0.143. The Morgan fingerprint density at radius 3 is 2.55 bits per heavy atom. The van der Waals surface area contributed by atoms with E-state index in [1.54, 1.807) is 24.3 Å². The molecule has 150 valence electrons. The van der Waals surface area contributed by atoms with Crippen molar-refractivity contribution in [2.45, 2.75) is 31.3 Å². The number of carbonyl (C=O) groups is 3. The predicted octanol–water partition coefficient (Wildman–Crippen LogP) is 4.37. The number of likely N-dealkylation sites (tertiary alicyclic amines) is 1. The number of carboxylic acids is 1. The Balaban J connectivity index is 1.77. The topological polar surface area (TPSA) is 86.7 Å². The first-order valence-electron chi connectivity index (χ1n) is 9.62. The van der Waals surface area contributed by atoms with E-state index in [0.29, 0.717) is 30.0 Å². The highest BCUT2D eigenvalue weighted by molar-refractivity contribution is 6.30. The number of carboxylic acid groups (broad SMARTS) is 1. The quantitative estimate of drug-likeness (QED) is 0.783. The molecule has 2 amide bonds. The number of rotatable bonds is 3. The standard InChI is InChI=1S/C22H21ClN2O4/c23-14-8-4-9-15(12-14)24-22(29)25-19(13-6-2-1-3-7-13)18-16(20(25)21(27)28)10-5-11-17(18)26/h1-4,6-9,12,16,18-20H,5,10-11H2,(H,24,29)(H,27,28). The van der Waals surface area contributed by atoms with Crippen LogP contribution in [0.25, 0.3) is 0 Å². The average molecular weight is 413 g/mol. The van der Waals surface area contributed by atoms with Crippen LogP contribution in [0.3, 0.4) is 0 Å². The molecule has 2 aliphatic rings. The number of nitrogens with zero attached hydrogens (tertiary/aromatic N) is 1. The zero-order valence-corrected chi connectivity index (χ0v) is 16.4. The highest BCUT2D eigenvalue weighted by atomic mass is 35.5. The van der Waals surface area contributed by atoms with E-state index < -0.39 is 35.9 Å². The van der Waals surface area contributed by atoms with Crippen LogP contribution in [-0.2, 0) is 9.59 Å². The monoisotopic (exact) mass is 412 g/mol. The molecule has 1 aliphatic heterocycles. The third kappa shape index (κ3) is 3.60. The highest BCUT2D eigenvalue weighted by Crippen LogP contribution is 2.50. The van der Waals surface area contributed by atoms with Crippen molar-refractivity contribution in [1.82, 2.24) is 4.90 Å². The molecule has 4 rings (SSSR count). The molecule has 2 N–H and O–H groups in total. The maximum Gasteiger partial charge on any atom is 0.326 e. The van der Waals surface area contributed by atoms with E-state index in [0.717, 1.165) is 5.56 Å². The summed E-state index contributed by atoms with van der Waals surface area (Å²) in [5.41, 5.74) is 1.24. The number of anilines is 1. The molecule has 7 heteroatoms. The van der Waals surface area contributed by atoms with Gasteiger partial charge < -0.3 is 15.3 Å². The SMILES string of the molecule is O=C1CCCC2C1C(c1ccccc1)N(C(=O)Nc1cccc(Cl)c1)C2C(=O)O. The van der Waals surface area contributed by atoms with Gasteiger partial charge in [-0.15, -0.1) is 0 Å². The van der Waals surface area contributed by atoms with E-state index in [1.807, 2.05) is 30.3 Å². The largest absolute Gasteiger partial charge is 0.480 e. The Kier molecular flexibility index (Phi) is 5.28. The smallest absolute Gasteiger partial charge is 0.326 e. The number of urea groups is 1. The average Bonchev–Trinajstić information content (AvgIpc) is 3.05. The van der Waals surface area contributed by atoms with Crippen molar-refractivity contribution in [2.24, 2.45) is 11.8 Å². The second kappa shape index (κ2) is 7.87. The fourth-order valence-corrected chi connectivity index (χ4v) is 4.93. The highest BCUT2D eigenvalue weighted by Gasteiger charge is 2.57. The van der Waals surface area contributed by atoms with E-state index in [4.69, 9.17) is 11.6 Å². The molecule has 1 aliphatic carbocycles. The number of hydrogen-bond donors (Lipinski definition) is 2. The number of aliphatic carboxylic acids is 1. The van der Waals surface area contributed by atoms with Gasteiger partial charge in [0.25, 0.3) is 0 Å². The van der Waals surface area contributed by atoms with Crippen LogP contribution in [0, 0.1) is 11.8 Å². The Morgan fingerprint density at radius 1 is 1.10 bits per heavy atom. The van der Waals surface area contributed by atoms with Gasteiger partial charge in [0, 0.05) is 29.0 Å². The lowest BCUT2D eigenvalue weighted by Crippen LogP contribution is -2.46. The van der Waals surface area contributed by atoms with E-state index in [9.17, 15) is 19.5 Å². The third-order valence-corrected chi connectivity index (χ3v) is 6.08. The van der Waals surface area contributed by atoms with Gasteiger partial charge in [-0.05, 0) is 36.6 Å². The number of carbonyl (C=O) groups excluding carboxylic acids is 2. The van der Waals surface area contributed by atoms with Crippen molar-refractivity contribution in [1.29, 1.82) is 0 Å². The van der Waals surface area contributed by atoms with Crippen molar-refractivity contribution in [2.75, 3.05) is 5.32 Å². The fourth-order valence-electron chi connectivity index (χ4n) is 4.74. The van der Waals surface area contributed by atoms with Crippen LogP contribution in [0.2, 0.25) is 5.02 Å². The molecule has 6 nitrogen and oxygen atoms in total. The summed E-state index contributed by atoms with van der Waals surface area (Å²) in [5, 5.41) is 13.2. The summed E-state index contributed by atoms with van der Waals surface area (Å²) in [6, 6.07) is 13.6. The van der Waals surface area contributed by atoms with Crippen LogP contribution in [0.4, 0.5) is 10.5 Å². The number of benzene rings is 2. The summed E-state index contributed by atoms with van der Waals surface area (Å²) in [4.78, 5) is 39.7. The molecular formula is C22H21ClN2O4. The van der Waals surface area contributed by atoms with E-state index in [2.05, 4.69) is 5.32 Å². The molecule has 0 bridgehead atoms. The van der Waals surface area contributed by atoms with Gasteiger partial charge >= 0.3 is 12.0 Å². The zero-order chi connectivity index (χ0) is 20.5. The summed E-state index contributed by atoms with van der Waals surface area (Å²) in [6.45, 7) is 0. The molecule has 2 aromatic rings. The Labute approximate surface area is 173 Å². The Bertz CT molecular complexity index is 949. The van der Waals surface area contributed by atoms with Crippen LogP contribution in [0.15, 0.2) is 54.6 Å². The number of halogens is 1. The summed E-state index contributed by atoms with van der Waals surface area (Å²) < 4.78 is 0. The molecular weight excluding hydrogens is 392 g/mol. The number of fused-ring (bicyclic) bond motifs is 1. The molecule has 1 saturated heterocycles. The molecule has 0 radical (unpaired) electrons. The predicted molar refractivity (Wildman–Crippen MR) is 109 cm³/mol. The molecule has 2 aromatic carbocycles. The normalized spacial score (nSPS) is 26.1. The molecule has 29 heavy (non-hydrogen) atoms. The van der Waals surface area contributed by atoms with E-state index in [-0.39, 0.29) is 5.78 Å². The summed E-state index contributed by atoms with van der Waals surface area (Å²) >= 11 is 6.01. The van der Waals surface area contributed by atoms with Gasteiger partial charge in [-0.25, -0.2) is 9.59 Å². The number of hydrogen-bond acceptors (Lipinski definition) is 3. The van der Waals surface area contributed by atoms with Crippen LogP contribution < -0.4 is 5.32 Å². The zero-order valence-electron chi connectivity index (χ0n) is 15.6. The summed E-state index contributed by atoms with van der Waals surface area (Å²) in [7, 11) is 0. The molecule has 0 aromatic heterocycles. The van der Waals surface area contributed by atoms with Crippen LogP contribution in [0.5, 0.6) is 0 Å². The van der Waals surface area contributed by atoms with Gasteiger partial charge in [-0.2, -0.15) is 0 Å². The molecule has 2 fully saturated rings. The Morgan fingerprint density at radius 2 is 1.86 bits per heavy atom. The van der Waals surface area contributed by atoms with Crippen molar-refractivity contribution >= 4 is 35.1 Å². The van der Waals surface area contributed by atoms with Crippen molar-refractivity contribution < 1.29 is 19.5 Å². The second-order valence-electron chi connectivity index (χ2n) is 7.53. The maximum absolute atomic E-state index is 13.3. The number of nitrogens with one attached hydrogen (secondary N) is 1. The molecule has 4 unspecified atom stereocenters. The lowest BCUT2D eigenvalue weighted by atomic mass is 9.74. The maximum atomic E-state index is 13.3. The third-order valence-electron chi connectivity index (χ3n) is 5.84. The first-order chi connectivity index (χ1) is 14.0. The van der Waals surface area contributed by atoms with E-state index >= 15 is 0 Å². The minimum atomic E-state index is -1.09. The first kappa shape index (κ1) is 19.5. The number of Topliss-reactive ketones (excluding diaryl/α,β-unsaturated/α-hetero) is 1. The first-order valence-corrected chi connectivity index (χ1v) is 10.0. The minimum absolute atomic E-state index is 0.0272. The minimum Gasteiger partial charge on any atom is -0.480 e. The fraction of sp³-hybridized carbons (Fsp3) is 0.318. The van der Waals surface area contributed by atoms with Crippen molar-refractivity contribution in [3.63, 3.8) is 0 Å². The Hall–Kier alpha value is -2.86. The molecule has 1 heterocycles. The molecule has 4 atom stereocenters. The van der Waals surface area contributed by atoms with Crippen molar-refractivity contribution in [3.8, 4) is 0 Å². The number of ketones is 1. The summed E-state index contributed by atoms with van der Waals surface area (Å²) in [5.74, 6) is -1.98.